The van der Waals surface area contributed by atoms with Crippen molar-refractivity contribution < 1.29 is 4.74 Å². The summed E-state index contributed by atoms with van der Waals surface area (Å²) in [7, 11) is 1.86. The van der Waals surface area contributed by atoms with E-state index in [1.165, 1.54) is 0 Å². The SMILES string of the molecule is CCCOc1cncc(-c2cc(NC)nc(C(C)C)n2)c1. The number of nitrogens with one attached hydrogen (secondary N) is 1. The third-order valence-corrected chi connectivity index (χ3v) is 3.00. The summed E-state index contributed by atoms with van der Waals surface area (Å²) < 4.78 is 5.63. The second-order valence-electron chi connectivity index (χ2n) is 5.16. The van der Waals surface area contributed by atoms with Gasteiger partial charge in [-0.2, -0.15) is 0 Å². The quantitative estimate of drug-likeness (QED) is 0.880. The molecule has 0 amide bonds. The first-order chi connectivity index (χ1) is 10.1. The van der Waals surface area contributed by atoms with E-state index in [2.05, 4.69) is 41.0 Å². The minimum absolute atomic E-state index is 0.268. The lowest BCUT2D eigenvalue weighted by atomic mass is 10.1. The highest BCUT2D eigenvalue weighted by Gasteiger charge is 2.10. The number of ether oxygens (including phenoxy) is 1. The van der Waals surface area contributed by atoms with Crippen LogP contribution in [0.15, 0.2) is 24.5 Å². The van der Waals surface area contributed by atoms with Crippen molar-refractivity contribution in [2.45, 2.75) is 33.1 Å². The van der Waals surface area contributed by atoms with Crippen molar-refractivity contribution >= 4 is 5.82 Å². The summed E-state index contributed by atoms with van der Waals surface area (Å²) in [4.78, 5) is 13.3. The highest BCUT2D eigenvalue weighted by Crippen LogP contribution is 2.24. The Labute approximate surface area is 125 Å². The van der Waals surface area contributed by atoms with Crippen LogP contribution in [0.25, 0.3) is 11.3 Å². The van der Waals surface area contributed by atoms with Crippen molar-refractivity contribution in [2.75, 3.05) is 19.0 Å². The predicted molar refractivity (Wildman–Crippen MR) is 84.7 cm³/mol. The van der Waals surface area contributed by atoms with Gasteiger partial charge in [0.2, 0.25) is 0 Å². The molecular weight excluding hydrogens is 264 g/mol. The van der Waals surface area contributed by atoms with Gasteiger partial charge in [-0.3, -0.25) is 4.98 Å². The van der Waals surface area contributed by atoms with E-state index in [9.17, 15) is 0 Å². The van der Waals surface area contributed by atoms with Gasteiger partial charge in [0.15, 0.2) is 0 Å². The van der Waals surface area contributed by atoms with E-state index >= 15 is 0 Å². The summed E-state index contributed by atoms with van der Waals surface area (Å²) >= 11 is 0. The molecule has 0 atom stereocenters. The lowest BCUT2D eigenvalue weighted by Crippen LogP contribution is -2.03. The second-order valence-corrected chi connectivity index (χ2v) is 5.16. The maximum absolute atomic E-state index is 5.63. The van der Waals surface area contributed by atoms with E-state index in [0.717, 1.165) is 35.1 Å². The highest BCUT2D eigenvalue weighted by atomic mass is 16.5. The zero-order valence-corrected chi connectivity index (χ0v) is 13.1. The Hall–Kier alpha value is -2.17. The molecule has 0 unspecified atom stereocenters. The lowest BCUT2D eigenvalue weighted by molar-refractivity contribution is 0.316. The van der Waals surface area contributed by atoms with Crippen LogP contribution in [0, 0.1) is 0 Å². The molecule has 0 bridgehead atoms. The molecular formula is C16H22N4O. The Morgan fingerprint density at radius 1 is 1.19 bits per heavy atom. The van der Waals surface area contributed by atoms with Crippen molar-refractivity contribution in [2.24, 2.45) is 0 Å². The molecule has 0 aliphatic carbocycles. The first kappa shape index (κ1) is 15.2. The van der Waals surface area contributed by atoms with Crippen LogP contribution in [0.5, 0.6) is 5.75 Å². The molecule has 5 nitrogen and oxygen atoms in total. The summed E-state index contributed by atoms with van der Waals surface area (Å²) in [5.41, 5.74) is 1.79. The summed E-state index contributed by atoms with van der Waals surface area (Å²) in [6, 6.07) is 3.89. The van der Waals surface area contributed by atoms with Gasteiger partial charge in [-0.05, 0) is 12.5 Å². The second kappa shape index (κ2) is 7.02. The van der Waals surface area contributed by atoms with Gasteiger partial charge < -0.3 is 10.1 Å². The Bertz CT molecular complexity index is 599. The number of anilines is 1. The van der Waals surface area contributed by atoms with Crippen LogP contribution in [0.2, 0.25) is 0 Å². The topological polar surface area (TPSA) is 59.9 Å². The van der Waals surface area contributed by atoms with Crippen molar-refractivity contribution in [1.82, 2.24) is 15.0 Å². The number of hydrogen-bond acceptors (Lipinski definition) is 5. The highest BCUT2D eigenvalue weighted by molar-refractivity contribution is 5.63. The number of nitrogens with zero attached hydrogens (tertiary/aromatic N) is 3. The molecule has 0 aliphatic rings. The third-order valence-electron chi connectivity index (χ3n) is 3.00. The monoisotopic (exact) mass is 286 g/mol. The molecule has 5 heteroatoms. The molecule has 0 radical (unpaired) electrons. The molecule has 0 fully saturated rings. The molecule has 0 aliphatic heterocycles. The van der Waals surface area contributed by atoms with E-state index in [0.29, 0.717) is 6.61 Å². The van der Waals surface area contributed by atoms with E-state index in [4.69, 9.17) is 4.74 Å². The average Bonchev–Trinajstić information content (AvgIpc) is 2.52. The number of aromatic nitrogens is 3. The summed E-state index contributed by atoms with van der Waals surface area (Å²) in [5, 5.41) is 3.08. The molecule has 2 heterocycles. The molecule has 112 valence electrons. The largest absolute Gasteiger partial charge is 0.492 e. The normalized spacial score (nSPS) is 10.7. The Morgan fingerprint density at radius 3 is 2.67 bits per heavy atom. The van der Waals surface area contributed by atoms with Crippen LogP contribution >= 0.6 is 0 Å². The standard InChI is InChI=1S/C16H22N4O/c1-5-6-21-13-7-12(9-18-10-13)14-8-15(17-4)20-16(19-14)11(2)3/h7-11H,5-6H2,1-4H3,(H,17,19,20). The summed E-state index contributed by atoms with van der Waals surface area (Å²) in [5.74, 6) is 2.66. The molecule has 2 aromatic heterocycles. The minimum Gasteiger partial charge on any atom is -0.492 e. The molecule has 21 heavy (non-hydrogen) atoms. The van der Waals surface area contributed by atoms with Crippen LogP contribution in [0.4, 0.5) is 5.82 Å². The van der Waals surface area contributed by atoms with Crippen molar-refractivity contribution in [1.29, 1.82) is 0 Å². The van der Waals surface area contributed by atoms with Gasteiger partial charge >= 0.3 is 0 Å². The molecule has 0 saturated carbocycles. The van der Waals surface area contributed by atoms with E-state index in [1.54, 1.807) is 12.4 Å². The summed E-state index contributed by atoms with van der Waals surface area (Å²) in [6.07, 6.45) is 4.49. The Balaban J connectivity index is 2.38. The zero-order valence-electron chi connectivity index (χ0n) is 13.1. The molecule has 1 N–H and O–H groups in total. The van der Waals surface area contributed by atoms with Crippen molar-refractivity contribution in [3.05, 3.63) is 30.4 Å². The fourth-order valence-corrected chi connectivity index (χ4v) is 1.86. The van der Waals surface area contributed by atoms with Gasteiger partial charge in [0, 0.05) is 30.8 Å². The average molecular weight is 286 g/mol. The van der Waals surface area contributed by atoms with E-state index in [1.807, 2.05) is 19.2 Å². The predicted octanol–water partition coefficient (Wildman–Crippen LogP) is 3.49. The summed E-state index contributed by atoms with van der Waals surface area (Å²) in [6.45, 7) is 6.93. The van der Waals surface area contributed by atoms with Crippen molar-refractivity contribution in [3.8, 4) is 17.0 Å². The van der Waals surface area contributed by atoms with Crippen molar-refractivity contribution in [3.63, 3.8) is 0 Å². The third kappa shape index (κ3) is 3.90. The van der Waals surface area contributed by atoms with Gasteiger partial charge in [0.05, 0.1) is 18.5 Å². The molecule has 0 saturated heterocycles. The van der Waals surface area contributed by atoms with Gasteiger partial charge in [0.1, 0.15) is 17.4 Å². The maximum atomic E-state index is 5.63. The van der Waals surface area contributed by atoms with Crippen LogP contribution in [-0.4, -0.2) is 28.6 Å². The number of pyridine rings is 1. The smallest absolute Gasteiger partial charge is 0.138 e. The minimum atomic E-state index is 0.268. The first-order valence-electron chi connectivity index (χ1n) is 7.29. The number of rotatable bonds is 6. The van der Waals surface area contributed by atoms with Crippen LogP contribution in [-0.2, 0) is 0 Å². The Morgan fingerprint density at radius 2 is 2.00 bits per heavy atom. The van der Waals surface area contributed by atoms with Gasteiger partial charge in [-0.25, -0.2) is 9.97 Å². The van der Waals surface area contributed by atoms with Crippen LogP contribution in [0.1, 0.15) is 38.9 Å². The fourth-order valence-electron chi connectivity index (χ4n) is 1.86. The van der Waals surface area contributed by atoms with E-state index < -0.39 is 0 Å². The lowest BCUT2D eigenvalue weighted by Gasteiger charge is -2.11. The Kier molecular flexibility index (Phi) is 5.09. The molecule has 0 spiro atoms. The van der Waals surface area contributed by atoms with Crippen LogP contribution < -0.4 is 10.1 Å². The van der Waals surface area contributed by atoms with Gasteiger partial charge in [-0.1, -0.05) is 20.8 Å². The van der Waals surface area contributed by atoms with Crippen LogP contribution in [0.3, 0.4) is 0 Å². The fraction of sp³-hybridized carbons (Fsp3) is 0.438. The van der Waals surface area contributed by atoms with E-state index in [-0.39, 0.29) is 5.92 Å². The first-order valence-corrected chi connectivity index (χ1v) is 7.29. The molecule has 2 rings (SSSR count). The number of hydrogen-bond donors (Lipinski definition) is 1. The van der Waals surface area contributed by atoms with Gasteiger partial charge in [-0.15, -0.1) is 0 Å². The maximum Gasteiger partial charge on any atom is 0.138 e. The molecule has 0 aromatic carbocycles. The molecule has 2 aromatic rings. The van der Waals surface area contributed by atoms with Gasteiger partial charge in [0.25, 0.3) is 0 Å². The zero-order chi connectivity index (χ0) is 15.2.